The van der Waals surface area contributed by atoms with Crippen LogP contribution in [-0.2, 0) is 4.74 Å². The van der Waals surface area contributed by atoms with Crippen molar-refractivity contribution < 1.29 is 14.0 Å². The molecule has 5 nitrogen and oxygen atoms in total. The van der Waals surface area contributed by atoms with E-state index in [1.807, 2.05) is 4.90 Å². The van der Waals surface area contributed by atoms with Crippen LogP contribution in [0.3, 0.4) is 0 Å². The van der Waals surface area contributed by atoms with Gasteiger partial charge >= 0.3 is 0 Å². The Morgan fingerprint density at radius 1 is 1.35 bits per heavy atom. The Morgan fingerprint density at radius 2 is 2.04 bits per heavy atom. The summed E-state index contributed by atoms with van der Waals surface area (Å²) in [5, 5.41) is 12.6. The van der Waals surface area contributed by atoms with Crippen LogP contribution in [0.15, 0.2) is 24.3 Å². The number of ether oxygens (including phenoxy) is 1. The summed E-state index contributed by atoms with van der Waals surface area (Å²) in [6.45, 7) is 5.87. The first-order valence-electron chi connectivity index (χ1n) is 7.80. The zero-order valence-corrected chi connectivity index (χ0v) is 13.9. The van der Waals surface area contributed by atoms with Gasteiger partial charge in [-0.15, -0.1) is 0 Å². The predicted octanol–water partition coefficient (Wildman–Crippen LogP) is 0.335. The molecule has 1 aromatic carbocycles. The molecule has 2 rings (SSSR count). The molecule has 0 bridgehead atoms. The Bertz CT molecular complexity index is 540. The van der Waals surface area contributed by atoms with Gasteiger partial charge in [0.15, 0.2) is 5.11 Å². The number of nitriles is 1. The summed E-state index contributed by atoms with van der Waals surface area (Å²) in [6.07, 6.45) is 0.355. The van der Waals surface area contributed by atoms with E-state index >= 15 is 0 Å². The molecular weight excluding hydrogens is 315 g/mol. The fourth-order valence-corrected chi connectivity index (χ4v) is 2.78. The summed E-state index contributed by atoms with van der Waals surface area (Å²) in [5.74, 6) is -0.288. The number of thiocarbonyl (C=S) groups is 1. The van der Waals surface area contributed by atoms with Crippen LogP contribution in [0.25, 0.3) is 0 Å². The fraction of sp³-hybridized carbons (Fsp3) is 0.500. The minimum absolute atomic E-state index is 0.288. The fourth-order valence-electron chi connectivity index (χ4n) is 2.48. The van der Waals surface area contributed by atoms with Crippen molar-refractivity contribution >= 4 is 23.0 Å². The van der Waals surface area contributed by atoms with E-state index in [1.54, 1.807) is 12.1 Å². The van der Waals surface area contributed by atoms with Gasteiger partial charge < -0.3 is 19.9 Å². The SMILES string of the molecule is N#CCCN(C(=S)NCC[NH+]1CCOCC1)c1ccc(F)cc1. The number of nitrogens with zero attached hydrogens (tertiary/aromatic N) is 2. The molecule has 1 saturated heterocycles. The monoisotopic (exact) mass is 337 g/mol. The maximum absolute atomic E-state index is 13.1. The third-order valence-corrected chi connectivity index (χ3v) is 4.15. The average molecular weight is 337 g/mol. The van der Waals surface area contributed by atoms with Gasteiger partial charge in [-0.2, -0.15) is 5.26 Å². The van der Waals surface area contributed by atoms with Gasteiger partial charge in [0.2, 0.25) is 0 Å². The maximum atomic E-state index is 13.1. The summed E-state index contributed by atoms with van der Waals surface area (Å²) < 4.78 is 18.4. The number of hydrogen-bond acceptors (Lipinski definition) is 3. The first kappa shape index (κ1) is 17.6. The van der Waals surface area contributed by atoms with E-state index in [2.05, 4.69) is 11.4 Å². The lowest BCUT2D eigenvalue weighted by Crippen LogP contribution is -3.14. The average Bonchev–Trinajstić information content (AvgIpc) is 2.58. The standard InChI is InChI=1S/C16H21FN4OS/c17-14-2-4-15(5-3-14)21(8-1-6-18)16(23)19-7-9-20-10-12-22-13-11-20/h2-5H,1,7-13H2,(H,19,23)/p+1. The molecule has 0 radical (unpaired) electrons. The molecule has 0 aromatic heterocycles. The zero-order chi connectivity index (χ0) is 16.5. The highest BCUT2D eigenvalue weighted by Gasteiger charge is 2.15. The minimum Gasteiger partial charge on any atom is -0.370 e. The highest BCUT2D eigenvalue weighted by molar-refractivity contribution is 7.80. The summed E-state index contributed by atoms with van der Waals surface area (Å²) >= 11 is 5.45. The van der Waals surface area contributed by atoms with Crippen molar-refractivity contribution in [1.29, 1.82) is 5.26 Å². The number of hydrogen-bond donors (Lipinski definition) is 2. The van der Waals surface area contributed by atoms with E-state index in [0.717, 1.165) is 45.1 Å². The Hall–Kier alpha value is -1.75. The van der Waals surface area contributed by atoms with E-state index in [9.17, 15) is 4.39 Å². The molecule has 0 unspecified atom stereocenters. The molecule has 1 fully saturated rings. The molecule has 1 aromatic rings. The number of rotatable bonds is 6. The van der Waals surface area contributed by atoms with Crippen LogP contribution in [0, 0.1) is 17.1 Å². The second-order valence-corrected chi connectivity index (χ2v) is 5.77. The lowest BCUT2D eigenvalue weighted by molar-refractivity contribution is -0.906. The van der Waals surface area contributed by atoms with E-state index in [1.165, 1.54) is 17.0 Å². The van der Waals surface area contributed by atoms with Gasteiger partial charge in [-0.25, -0.2) is 4.39 Å². The Morgan fingerprint density at radius 3 is 2.70 bits per heavy atom. The Balaban J connectivity index is 1.88. The minimum atomic E-state index is -0.288. The van der Waals surface area contributed by atoms with Crippen LogP contribution in [0.5, 0.6) is 0 Å². The maximum Gasteiger partial charge on any atom is 0.173 e. The third-order valence-electron chi connectivity index (χ3n) is 3.79. The molecule has 0 saturated carbocycles. The lowest BCUT2D eigenvalue weighted by Gasteiger charge is -2.27. The number of morpholine rings is 1. The third kappa shape index (κ3) is 5.75. The van der Waals surface area contributed by atoms with Crippen LogP contribution in [0.2, 0.25) is 0 Å². The lowest BCUT2D eigenvalue weighted by atomic mass is 10.2. The molecule has 23 heavy (non-hydrogen) atoms. The molecule has 7 heteroatoms. The van der Waals surface area contributed by atoms with Gasteiger partial charge in [0.1, 0.15) is 18.9 Å². The predicted molar refractivity (Wildman–Crippen MR) is 91.0 cm³/mol. The quantitative estimate of drug-likeness (QED) is 0.733. The van der Waals surface area contributed by atoms with E-state index in [-0.39, 0.29) is 5.82 Å². The topological polar surface area (TPSA) is 52.7 Å². The molecule has 2 N–H and O–H groups in total. The largest absolute Gasteiger partial charge is 0.370 e. The van der Waals surface area contributed by atoms with Crippen LogP contribution in [0.4, 0.5) is 10.1 Å². The molecule has 1 aliphatic heterocycles. The second-order valence-electron chi connectivity index (χ2n) is 5.38. The van der Waals surface area contributed by atoms with Crippen LogP contribution < -0.4 is 15.1 Å². The zero-order valence-electron chi connectivity index (χ0n) is 13.1. The smallest absolute Gasteiger partial charge is 0.173 e. The van der Waals surface area contributed by atoms with Crippen molar-refractivity contribution in [3.63, 3.8) is 0 Å². The van der Waals surface area contributed by atoms with Crippen molar-refractivity contribution in [2.24, 2.45) is 0 Å². The van der Waals surface area contributed by atoms with E-state index in [0.29, 0.717) is 18.1 Å². The summed E-state index contributed by atoms with van der Waals surface area (Å²) in [7, 11) is 0. The first-order chi connectivity index (χ1) is 11.2. The molecule has 124 valence electrons. The van der Waals surface area contributed by atoms with Crippen LogP contribution in [-0.4, -0.2) is 51.0 Å². The molecule has 1 aliphatic rings. The number of anilines is 1. The molecule has 0 atom stereocenters. The highest BCUT2D eigenvalue weighted by Crippen LogP contribution is 2.15. The molecule has 0 amide bonds. The number of nitrogens with one attached hydrogen (secondary N) is 2. The van der Waals surface area contributed by atoms with Gasteiger partial charge in [-0.3, -0.25) is 0 Å². The Kier molecular flexibility index (Phi) is 7.20. The van der Waals surface area contributed by atoms with Gasteiger partial charge in [0.25, 0.3) is 0 Å². The molecule has 1 heterocycles. The van der Waals surface area contributed by atoms with Gasteiger partial charge in [-0.05, 0) is 36.5 Å². The number of quaternary nitrogens is 1. The van der Waals surface area contributed by atoms with Crippen molar-refractivity contribution in [2.45, 2.75) is 6.42 Å². The van der Waals surface area contributed by atoms with Crippen molar-refractivity contribution in [3.8, 4) is 6.07 Å². The van der Waals surface area contributed by atoms with Crippen molar-refractivity contribution in [1.82, 2.24) is 5.32 Å². The van der Waals surface area contributed by atoms with Crippen LogP contribution >= 0.6 is 12.2 Å². The normalized spacial score (nSPS) is 15.0. The van der Waals surface area contributed by atoms with E-state index < -0.39 is 0 Å². The van der Waals surface area contributed by atoms with Crippen LogP contribution in [0.1, 0.15) is 6.42 Å². The highest BCUT2D eigenvalue weighted by atomic mass is 32.1. The van der Waals surface area contributed by atoms with Gasteiger partial charge in [0, 0.05) is 12.2 Å². The van der Waals surface area contributed by atoms with Gasteiger partial charge in [-0.1, -0.05) is 0 Å². The molecular formula is C16H22FN4OS+. The summed E-state index contributed by atoms with van der Waals surface area (Å²) in [4.78, 5) is 3.34. The molecule has 0 aliphatic carbocycles. The van der Waals surface area contributed by atoms with Crippen molar-refractivity contribution in [3.05, 3.63) is 30.1 Å². The first-order valence-corrected chi connectivity index (χ1v) is 8.20. The van der Waals surface area contributed by atoms with Crippen molar-refractivity contribution in [2.75, 3.05) is 50.8 Å². The number of halogens is 1. The Labute approximate surface area is 141 Å². The second kappa shape index (κ2) is 9.40. The number of benzene rings is 1. The summed E-state index contributed by atoms with van der Waals surface area (Å²) in [5.41, 5.74) is 0.790. The van der Waals surface area contributed by atoms with Gasteiger partial charge in [0.05, 0.1) is 38.8 Å². The summed E-state index contributed by atoms with van der Waals surface area (Å²) in [6, 6.07) is 8.27. The molecule has 0 spiro atoms. The van der Waals surface area contributed by atoms with E-state index in [4.69, 9.17) is 22.2 Å².